The van der Waals surface area contributed by atoms with Crippen molar-refractivity contribution in [2.24, 2.45) is 5.73 Å². The lowest BCUT2D eigenvalue weighted by Gasteiger charge is -2.11. The van der Waals surface area contributed by atoms with E-state index >= 15 is 0 Å². The van der Waals surface area contributed by atoms with E-state index in [4.69, 9.17) is 10.5 Å². The Hall–Kier alpha value is -2.51. The van der Waals surface area contributed by atoms with Gasteiger partial charge in [0.1, 0.15) is 0 Å². The van der Waals surface area contributed by atoms with E-state index in [1.807, 2.05) is 0 Å². The SMILES string of the molecule is Cl.NCCCOc1cccc2c1[n+]([O-])c1cccc(O)c1[n+]2[O-]. The van der Waals surface area contributed by atoms with Crippen LogP contribution < -0.4 is 19.9 Å². The maximum Gasteiger partial charge on any atom is 0.332 e. The molecular weight excluding hydrogens is 322 g/mol. The van der Waals surface area contributed by atoms with E-state index in [2.05, 4.69) is 0 Å². The molecule has 0 saturated carbocycles. The quantitative estimate of drug-likeness (QED) is 0.321. The Balaban J connectivity index is 0.00000192. The number of aromatic nitrogens is 2. The molecule has 1 heterocycles. The van der Waals surface area contributed by atoms with Crippen molar-refractivity contribution >= 4 is 34.5 Å². The summed E-state index contributed by atoms with van der Waals surface area (Å²) in [6.45, 7) is 0.826. The second-order valence-electron chi connectivity index (χ2n) is 4.85. The normalized spacial score (nSPS) is 10.7. The zero-order valence-corrected chi connectivity index (χ0v) is 13.0. The predicted molar refractivity (Wildman–Crippen MR) is 87.5 cm³/mol. The molecule has 1 aromatic heterocycles. The van der Waals surface area contributed by atoms with Crippen LogP contribution in [0.3, 0.4) is 0 Å². The highest BCUT2D eigenvalue weighted by atomic mass is 35.5. The van der Waals surface area contributed by atoms with Crippen LogP contribution in [0.1, 0.15) is 6.42 Å². The lowest BCUT2D eigenvalue weighted by Crippen LogP contribution is -2.39. The minimum Gasteiger partial charge on any atom is -0.617 e. The smallest absolute Gasteiger partial charge is 0.332 e. The van der Waals surface area contributed by atoms with Crippen LogP contribution in [-0.4, -0.2) is 18.3 Å². The minimum absolute atomic E-state index is 0. The first kappa shape index (κ1) is 16.9. The van der Waals surface area contributed by atoms with E-state index in [0.29, 0.717) is 34.8 Å². The van der Waals surface area contributed by atoms with Gasteiger partial charge in [-0.15, -0.1) is 12.4 Å². The van der Waals surface area contributed by atoms with Gasteiger partial charge in [0, 0.05) is 12.1 Å². The number of halogens is 1. The average Bonchev–Trinajstić information content (AvgIpc) is 2.52. The molecule has 23 heavy (non-hydrogen) atoms. The third kappa shape index (κ3) is 2.76. The van der Waals surface area contributed by atoms with Gasteiger partial charge in [-0.1, -0.05) is 12.1 Å². The number of hydrogen-bond donors (Lipinski definition) is 2. The van der Waals surface area contributed by atoms with Crippen molar-refractivity contribution in [3.8, 4) is 11.5 Å². The Morgan fingerprint density at radius 1 is 1.00 bits per heavy atom. The highest BCUT2D eigenvalue weighted by Crippen LogP contribution is 2.25. The Kier molecular flexibility index (Phi) is 4.92. The highest BCUT2D eigenvalue weighted by Gasteiger charge is 2.26. The lowest BCUT2D eigenvalue weighted by molar-refractivity contribution is -0.591. The molecular formula is C15H16ClN3O4. The van der Waals surface area contributed by atoms with E-state index in [0.717, 1.165) is 0 Å². The monoisotopic (exact) mass is 337 g/mol. The molecule has 0 saturated heterocycles. The molecule has 3 aromatic rings. The average molecular weight is 338 g/mol. The third-order valence-corrected chi connectivity index (χ3v) is 3.42. The number of rotatable bonds is 4. The zero-order chi connectivity index (χ0) is 15.7. The summed E-state index contributed by atoms with van der Waals surface area (Å²) in [5.41, 5.74) is 5.70. The number of benzene rings is 2. The number of phenolic OH excluding ortho intramolecular Hbond substituents is 1. The highest BCUT2D eigenvalue weighted by molar-refractivity contribution is 5.85. The number of nitrogens with zero attached hydrogens (tertiary/aromatic N) is 2. The van der Waals surface area contributed by atoms with Crippen LogP contribution in [0.2, 0.25) is 0 Å². The molecule has 0 aliphatic rings. The molecule has 0 radical (unpaired) electrons. The molecule has 3 N–H and O–H groups in total. The Bertz CT molecular complexity index is 857. The number of para-hydroxylation sites is 2. The standard InChI is InChI=1S/C15H15N3O4.ClH/c16-8-3-9-22-13-7-2-5-11-15(13)18(21)10-4-1-6-12(19)14(10)17(11)20;/h1-2,4-7,19H,3,8-9,16H2;1H. The number of aromatic hydroxyl groups is 1. The fourth-order valence-corrected chi connectivity index (χ4v) is 2.39. The zero-order valence-electron chi connectivity index (χ0n) is 12.1. The van der Waals surface area contributed by atoms with E-state index in [9.17, 15) is 15.5 Å². The topological polar surface area (TPSA) is 109 Å². The van der Waals surface area contributed by atoms with Gasteiger partial charge in [-0.3, -0.25) is 0 Å². The van der Waals surface area contributed by atoms with Crippen LogP contribution in [-0.2, 0) is 0 Å². The number of hydrogen-bond acceptors (Lipinski definition) is 5. The van der Waals surface area contributed by atoms with E-state index in [-0.39, 0.29) is 40.2 Å². The summed E-state index contributed by atoms with van der Waals surface area (Å²) in [4.78, 5) is 0. The maximum atomic E-state index is 12.6. The Morgan fingerprint density at radius 2 is 1.61 bits per heavy atom. The van der Waals surface area contributed by atoms with Gasteiger partial charge in [-0.25, -0.2) is 0 Å². The van der Waals surface area contributed by atoms with Crippen molar-refractivity contribution in [1.82, 2.24) is 0 Å². The first-order valence-electron chi connectivity index (χ1n) is 6.87. The molecule has 8 heteroatoms. The lowest BCUT2D eigenvalue weighted by atomic mass is 10.2. The van der Waals surface area contributed by atoms with Crippen molar-refractivity contribution in [3.63, 3.8) is 0 Å². The number of ether oxygens (including phenoxy) is 1. The van der Waals surface area contributed by atoms with E-state index < -0.39 is 0 Å². The third-order valence-electron chi connectivity index (χ3n) is 3.42. The number of fused-ring (bicyclic) bond motifs is 2. The van der Waals surface area contributed by atoms with E-state index in [1.54, 1.807) is 12.1 Å². The van der Waals surface area contributed by atoms with Crippen LogP contribution in [0.4, 0.5) is 0 Å². The van der Waals surface area contributed by atoms with Crippen molar-refractivity contribution in [1.29, 1.82) is 0 Å². The summed E-state index contributed by atoms with van der Waals surface area (Å²) in [7, 11) is 0. The van der Waals surface area contributed by atoms with Gasteiger partial charge in [0.25, 0.3) is 11.0 Å². The number of phenols is 1. The molecule has 0 spiro atoms. The fourth-order valence-electron chi connectivity index (χ4n) is 2.39. The second-order valence-corrected chi connectivity index (χ2v) is 4.85. The van der Waals surface area contributed by atoms with Crippen LogP contribution >= 0.6 is 12.4 Å². The van der Waals surface area contributed by atoms with Crippen LogP contribution in [0.15, 0.2) is 36.4 Å². The van der Waals surface area contributed by atoms with Crippen LogP contribution in [0.5, 0.6) is 11.5 Å². The number of nitrogens with two attached hydrogens (primary N) is 1. The van der Waals surface area contributed by atoms with Crippen molar-refractivity contribution in [2.75, 3.05) is 13.2 Å². The van der Waals surface area contributed by atoms with Gasteiger partial charge < -0.3 is 26.0 Å². The van der Waals surface area contributed by atoms with E-state index in [1.165, 1.54) is 24.3 Å². The molecule has 2 aromatic carbocycles. The van der Waals surface area contributed by atoms with Gasteiger partial charge in [-0.2, -0.15) is 9.46 Å². The summed E-state index contributed by atoms with van der Waals surface area (Å²) in [6.07, 6.45) is 0.640. The second kappa shape index (κ2) is 6.72. The molecule has 0 aliphatic heterocycles. The fraction of sp³-hybridized carbons (Fsp3) is 0.200. The van der Waals surface area contributed by atoms with Crippen molar-refractivity contribution in [2.45, 2.75) is 6.42 Å². The molecule has 0 aliphatic carbocycles. The molecule has 0 atom stereocenters. The van der Waals surface area contributed by atoms with Crippen molar-refractivity contribution < 1.29 is 19.3 Å². The molecule has 122 valence electrons. The minimum atomic E-state index is -0.242. The van der Waals surface area contributed by atoms with Crippen molar-refractivity contribution in [3.05, 3.63) is 46.8 Å². The summed E-state index contributed by atoms with van der Waals surface area (Å²) < 4.78 is 6.71. The summed E-state index contributed by atoms with van der Waals surface area (Å²) in [6, 6.07) is 9.12. The van der Waals surface area contributed by atoms with Crippen LogP contribution in [0, 0.1) is 10.4 Å². The van der Waals surface area contributed by atoms with Gasteiger partial charge in [0.15, 0.2) is 11.5 Å². The molecule has 0 amide bonds. The summed E-state index contributed by atoms with van der Waals surface area (Å²) >= 11 is 0. The summed E-state index contributed by atoms with van der Waals surface area (Å²) in [5.74, 6) is 0.0734. The molecule has 3 rings (SSSR count). The predicted octanol–water partition coefficient (Wildman–Crippen LogP) is 1.11. The van der Waals surface area contributed by atoms with Gasteiger partial charge >= 0.3 is 11.0 Å². The maximum absolute atomic E-state index is 12.6. The molecule has 0 bridgehead atoms. The first-order chi connectivity index (χ1) is 10.6. The Morgan fingerprint density at radius 3 is 2.30 bits per heavy atom. The van der Waals surface area contributed by atoms with Gasteiger partial charge in [0.2, 0.25) is 0 Å². The largest absolute Gasteiger partial charge is 0.617 e. The molecule has 0 unspecified atom stereocenters. The molecule has 7 nitrogen and oxygen atoms in total. The van der Waals surface area contributed by atoms with Gasteiger partial charge in [-0.05, 0) is 25.1 Å². The Labute approximate surface area is 138 Å². The molecule has 0 fully saturated rings. The van der Waals surface area contributed by atoms with Crippen LogP contribution in [0.25, 0.3) is 22.1 Å². The summed E-state index contributed by atoms with van der Waals surface area (Å²) in [5, 5.41) is 34.9. The first-order valence-corrected chi connectivity index (χ1v) is 6.87. The van der Waals surface area contributed by atoms with Gasteiger partial charge in [0.05, 0.1) is 6.61 Å².